The number of hydrogen-bond donors (Lipinski definition) is 2. The van der Waals surface area contributed by atoms with E-state index in [1.807, 2.05) is 0 Å². The van der Waals surface area contributed by atoms with Gasteiger partial charge in [-0.05, 0) is 31.9 Å². The van der Waals surface area contributed by atoms with Crippen molar-refractivity contribution in [1.82, 2.24) is 20.7 Å². The monoisotopic (exact) mass is 501 g/mol. The number of amides is 2. The highest BCUT2D eigenvalue weighted by atomic mass is 19.4. The predicted octanol–water partition coefficient (Wildman–Crippen LogP) is 4.87. The number of halogens is 3. The van der Waals surface area contributed by atoms with Crippen LogP contribution in [0.2, 0.25) is 0 Å². The standard InChI is InChI=1S/C25H26F3N5O3/c1-24(2,3)36-23(35)32-33(16-18-12-8-5-9-13-18)22-30-15-19(20(31-22)25(26,27)28)21(34)29-14-17-10-6-4-7-11-17/h4-13,15H,14,16H2,1-3H3,(H,29,34)(H,32,35). The maximum absolute atomic E-state index is 13.9. The molecule has 3 aromatic rings. The highest BCUT2D eigenvalue weighted by Gasteiger charge is 2.38. The number of ether oxygens (including phenoxy) is 1. The molecule has 0 saturated carbocycles. The lowest BCUT2D eigenvalue weighted by Crippen LogP contribution is -2.45. The number of hydrogen-bond acceptors (Lipinski definition) is 6. The molecule has 0 radical (unpaired) electrons. The van der Waals surface area contributed by atoms with Crippen LogP contribution in [0.25, 0.3) is 0 Å². The van der Waals surface area contributed by atoms with Gasteiger partial charge in [-0.2, -0.15) is 13.2 Å². The molecule has 0 spiro atoms. The maximum Gasteiger partial charge on any atom is 0.434 e. The zero-order valence-corrected chi connectivity index (χ0v) is 20.0. The fourth-order valence-electron chi connectivity index (χ4n) is 3.10. The van der Waals surface area contributed by atoms with Gasteiger partial charge in [-0.3, -0.25) is 4.79 Å². The van der Waals surface area contributed by atoms with Crippen LogP contribution in [0.3, 0.4) is 0 Å². The van der Waals surface area contributed by atoms with Gasteiger partial charge in [-0.1, -0.05) is 60.7 Å². The summed E-state index contributed by atoms with van der Waals surface area (Å²) >= 11 is 0. The van der Waals surface area contributed by atoms with E-state index in [1.165, 1.54) is 0 Å². The fourth-order valence-corrected chi connectivity index (χ4v) is 3.10. The van der Waals surface area contributed by atoms with Gasteiger partial charge in [0.2, 0.25) is 5.95 Å². The van der Waals surface area contributed by atoms with Crippen molar-refractivity contribution in [3.8, 4) is 0 Å². The van der Waals surface area contributed by atoms with Crippen LogP contribution in [0.1, 0.15) is 48.0 Å². The number of nitrogens with one attached hydrogen (secondary N) is 2. The molecule has 8 nitrogen and oxygen atoms in total. The van der Waals surface area contributed by atoms with Crippen LogP contribution in [0, 0.1) is 0 Å². The number of hydrazine groups is 1. The first-order valence-electron chi connectivity index (χ1n) is 11.0. The third kappa shape index (κ3) is 7.69. The Hall–Kier alpha value is -4.15. The van der Waals surface area contributed by atoms with Crippen LogP contribution in [0.15, 0.2) is 66.9 Å². The number of benzene rings is 2. The summed E-state index contributed by atoms with van der Waals surface area (Å²) in [4.78, 5) is 32.6. The Labute approximate surface area is 206 Å². The van der Waals surface area contributed by atoms with Crippen LogP contribution in [0.5, 0.6) is 0 Å². The lowest BCUT2D eigenvalue weighted by Gasteiger charge is -2.26. The van der Waals surface area contributed by atoms with E-state index in [-0.39, 0.29) is 13.1 Å². The van der Waals surface area contributed by atoms with Crippen LogP contribution in [-0.2, 0) is 24.0 Å². The second-order valence-corrected chi connectivity index (χ2v) is 8.78. The van der Waals surface area contributed by atoms with Gasteiger partial charge in [0.15, 0.2) is 5.69 Å². The number of nitrogens with zero attached hydrogens (tertiary/aromatic N) is 3. The molecule has 0 saturated heterocycles. The zero-order chi connectivity index (χ0) is 26.3. The summed E-state index contributed by atoms with van der Waals surface area (Å²) in [6.45, 7) is 4.91. The molecule has 0 atom stereocenters. The molecule has 1 aromatic heterocycles. The Morgan fingerprint density at radius 1 is 0.944 bits per heavy atom. The molecule has 2 N–H and O–H groups in total. The van der Waals surface area contributed by atoms with Crippen molar-refractivity contribution >= 4 is 17.9 Å². The summed E-state index contributed by atoms with van der Waals surface area (Å²) in [5.41, 5.74) is 0.758. The Morgan fingerprint density at radius 3 is 2.08 bits per heavy atom. The van der Waals surface area contributed by atoms with Gasteiger partial charge in [-0.15, -0.1) is 0 Å². The minimum absolute atomic E-state index is 0.0268. The maximum atomic E-state index is 13.9. The molecule has 1 heterocycles. The van der Waals surface area contributed by atoms with E-state index in [4.69, 9.17) is 4.74 Å². The molecular formula is C25H26F3N5O3. The van der Waals surface area contributed by atoms with E-state index in [0.717, 1.165) is 11.2 Å². The van der Waals surface area contributed by atoms with Gasteiger partial charge in [0, 0.05) is 12.7 Å². The van der Waals surface area contributed by atoms with E-state index in [1.54, 1.807) is 81.4 Å². The summed E-state index contributed by atoms with van der Waals surface area (Å²) in [6, 6.07) is 17.4. The molecule has 0 aliphatic carbocycles. The average molecular weight is 502 g/mol. The van der Waals surface area contributed by atoms with E-state index < -0.39 is 41.0 Å². The van der Waals surface area contributed by atoms with Crippen molar-refractivity contribution in [2.75, 3.05) is 5.01 Å². The molecule has 0 aliphatic heterocycles. The van der Waals surface area contributed by atoms with Crippen molar-refractivity contribution < 1.29 is 27.5 Å². The quantitative estimate of drug-likeness (QED) is 0.449. The summed E-state index contributed by atoms with van der Waals surface area (Å²) in [5.74, 6) is -1.44. The van der Waals surface area contributed by atoms with E-state index in [2.05, 4.69) is 20.7 Å². The lowest BCUT2D eigenvalue weighted by molar-refractivity contribution is -0.141. The minimum Gasteiger partial charge on any atom is -0.443 e. The molecule has 2 amide bonds. The van der Waals surface area contributed by atoms with Gasteiger partial charge in [0.1, 0.15) is 5.60 Å². The topological polar surface area (TPSA) is 96.5 Å². The van der Waals surface area contributed by atoms with E-state index in [0.29, 0.717) is 11.1 Å². The SMILES string of the molecule is CC(C)(C)OC(=O)NN(Cc1ccccc1)c1ncc(C(=O)NCc2ccccc2)c(C(F)(F)F)n1. The third-order valence-corrected chi connectivity index (χ3v) is 4.64. The normalized spacial score (nSPS) is 11.5. The molecule has 36 heavy (non-hydrogen) atoms. The first kappa shape index (κ1) is 26.5. The highest BCUT2D eigenvalue weighted by Crippen LogP contribution is 2.31. The second kappa shape index (κ2) is 11.1. The molecule has 3 rings (SSSR count). The molecule has 2 aromatic carbocycles. The molecule has 0 bridgehead atoms. The predicted molar refractivity (Wildman–Crippen MR) is 127 cm³/mol. The Balaban J connectivity index is 1.91. The number of carbonyl (C=O) groups is 2. The van der Waals surface area contributed by atoms with Crippen molar-refractivity contribution in [2.24, 2.45) is 0 Å². The summed E-state index contributed by atoms with van der Waals surface area (Å²) in [7, 11) is 0. The highest BCUT2D eigenvalue weighted by molar-refractivity contribution is 5.95. The summed E-state index contributed by atoms with van der Waals surface area (Å²) < 4.78 is 47.0. The summed E-state index contributed by atoms with van der Waals surface area (Å²) in [6.07, 6.45) is -5.07. The van der Waals surface area contributed by atoms with Crippen molar-refractivity contribution in [3.63, 3.8) is 0 Å². The van der Waals surface area contributed by atoms with Crippen LogP contribution >= 0.6 is 0 Å². The number of carbonyl (C=O) groups excluding carboxylic acids is 2. The number of anilines is 1. The Morgan fingerprint density at radius 2 is 1.53 bits per heavy atom. The van der Waals surface area contributed by atoms with Gasteiger partial charge in [-0.25, -0.2) is 25.2 Å². The second-order valence-electron chi connectivity index (χ2n) is 8.78. The average Bonchev–Trinajstić information content (AvgIpc) is 2.81. The minimum atomic E-state index is -4.96. The van der Waals surface area contributed by atoms with Crippen molar-refractivity contribution in [2.45, 2.75) is 45.6 Å². The van der Waals surface area contributed by atoms with Gasteiger partial charge in [0.25, 0.3) is 5.91 Å². The lowest BCUT2D eigenvalue weighted by atomic mass is 10.2. The molecule has 0 unspecified atom stereocenters. The van der Waals surface area contributed by atoms with Crippen molar-refractivity contribution in [1.29, 1.82) is 0 Å². The number of aromatic nitrogens is 2. The first-order chi connectivity index (χ1) is 16.9. The van der Waals surface area contributed by atoms with Gasteiger partial charge in [0.05, 0.1) is 12.1 Å². The first-order valence-corrected chi connectivity index (χ1v) is 11.0. The molecule has 11 heteroatoms. The van der Waals surface area contributed by atoms with Crippen molar-refractivity contribution in [3.05, 3.63) is 89.2 Å². The van der Waals surface area contributed by atoms with Crippen LogP contribution < -0.4 is 15.8 Å². The smallest absolute Gasteiger partial charge is 0.434 e. The Bertz CT molecular complexity index is 1180. The Kier molecular flexibility index (Phi) is 8.13. The summed E-state index contributed by atoms with van der Waals surface area (Å²) in [5, 5.41) is 3.48. The molecule has 0 aliphatic rings. The number of alkyl halides is 3. The van der Waals surface area contributed by atoms with Gasteiger partial charge < -0.3 is 10.1 Å². The van der Waals surface area contributed by atoms with E-state index in [9.17, 15) is 22.8 Å². The van der Waals surface area contributed by atoms with E-state index >= 15 is 0 Å². The van der Waals surface area contributed by atoms with Gasteiger partial charge >= 0.3 is 12.3 Å². The zero-order valence-electron chi connectivity index (χ0n) is 20.0. The van der Waals surface area contributed by atoms with Crippen LogP contribution in [-0.4, -0.2) is 27.6 Å². The molecular weight excluding hydrogens is 475 g/mol. The number of rotatable bonds is 7. The van der Waals surface area contributed by atoms with Crippen LogP contribution in [0.4, 0.5) is 23.9 Å². The fraction of sp³-hybridized carbons (Fsp3) is 0.280. The third-order valence-electron chi connectivity index (χ3n) is 4.64. The molecule has 0 fully saturated rings. The molecule has 190 valence electrons. The largest absolute Gasteiger partial charge is 0.443 e.